The van der Waals surface area contributed by atoms with Crippen LogP contribution < -0.4 is 11.0 Å². The molecule has 0 bridgehead atoms. The molecule has 1 amide bonds. The van der Waals surface area contributed by atoms with Crippen LogP contribution in [0.4, 0.5) is 0 Å². The maximum Gasteiger partial charge on any atom is 0.262 e. The average molecular weight is 407 g/mol. The topological polar surface area (TPSA) is 76.3 Å². The van der Waals surface area contributed by atoms with Crippen LogP contribution in [-0.2, 0) is 24.2 Å². The summed E-state index contributed by atoms with van der Waals surface area (Å²) in [6, 6.07) is 9.80. The number of fused-ring (bicyclic) bond motifs is 3. The van der Waals surface area contributed by atoms with E-state index in [4.69, 9.17) is 0 Å². The molecule has 0 fully saturated rings. The molecule has 0 radical (unpaired) electrons. The van der Waals surface area contributed by atoms with E-state index in [1.165, 1.54) is 22.0 Å². The third-order valence-corrected chi connectivity index (χ3v) is 6.20. The lowest BCUT2D eigenvalue weighted by molar-refractivity contribution is -0.121. The molecule has 3 aromatic rings. The van der Waals surface area contributed by atoms with E-state index < -0.39 is 0 Å². The molecule has 0 saturated heterocycles. The molecule has 0 spiro atoms. The molecular weight excluding hydrogens is 384 g/mol. The molecule has 0 aliphatic heterocycles. The first-order valence-corrected chi connectivity index (χ1v) is 10.5. The maximum atomic E-state index is 12.9. The molecule has 0 unspecified atom stereocenters. The molecule has 148 valence electrons. The Morgan fingerprint density at radius 3 is 3.03 bits per heavy atom. The normalized spacial score (nSPS) is 16.5. The summed E-state index contributed by atoms with van der Waals surface area (Å²) in [7, 11) is 0. The van der Waals surface area contributed by atoms with E-state index in [9.17, 15) is 9.59 Å². The third-order valence-electron chi connectivity index (χ3n) is 5.03. The van der Waals surface area contributed by atoms with Crippen LogP contribution >= 0.6 is 11.3 Å². The fraction of sp³-hybridized carbons (Fsp3) is 0.273. The van der Waals surface area contributed by atoms with Gasteiger partial charge in [-0.15, -0.1) is 11.3 Å². The summed E-state index contributed by atoms with van der Waals surface area (Å²) in [5.41, 5.74) is 4.47. The SMILES string of the molecule is C[C@@H]1CCc2c(sc3ncn(CC(=O)N/N=C\C=C\c4ccccc4)c(=O)c23)C1. The summed E-state index contributed by atoms with van der Waals surface area (Å²) in [5.74, 6) is 0.271. The molecule has 29 heavy (non-hydrogen) atoms. The van der Waals surface area contributed by atoms with E-state index in [0.29, 0.717) is 11.3 Å². The predicted molar refractivity (Wildman–Crippen MR) is 117 cm³/mol. The van der Waals surface area contributed by atoms with Crippen molar-refractivity contribution >= 4 is 39.8 Å². The summed E-state index contributed by atoms with van der Waals surface area (Å²) in [6.07, 6.45) is 9.58. The van der Waals surface area contributed by atoms with Gasteiger partial charge in [-0.05, 0) is 42.4 Å². The minimum Gasteiger partial charge on any atom is -0.289 e. The standard InChI is InChI=1S/C22H22N4O2S/c1-15-9-10-17-18(12-15)29-21-20(17)22(28)26(14-23-21)13-19(27)25-24-11-5-8-16-6-3-2-4-7-16/h2-8,11,14-15H,9-10,12-13H2,1H3,(H,25,27)/b8-5+,24-11-/t15-/m1/s1. The second-order valence-corrected chi connectivity index (χ2v) is 8.38. The van der Waals surface area contributed by atoms with Crippen molar-refractivity contribution in [3.63, 3.8) is 0 Å². The monoisotopic (exact) mass is 406 g/mol. The summed E-state index contributed by atoms with van der Waals surface area (Å²) >= 11 is 1.61. The van der Waals surface area contributed by atoms with Crippen LogP contribution in [-0.4, -0.2) is 21.7 Å². The number of carbonyl (C=O) groups excluding carboxylic acids is 1. The van der Waals surface area contributed by atoms with Crippen LogP contribution in [0.5, 0.6) is 0 Å². The first kappa shape index (κ1) is 19.3. The Morgan fingerprint density at radius 2 is 2.21 bits per heavy atom. The van der Waals surface area contributed by atoms with Gasteiger partial charge in [0.1, 0.15) is 11.4 Å². The highest BCUT2D eigenvalue weighted by molar-refractivity contribution is 7.18. The van der Waals surface area contributed by atoms with Crippen molar-refractivity contribution in [2.24, 2.45) is 11.0 Å². The average Bonchev–Trinajstić information content (AvgIpc) is 3.09. The molecule has 6 nitrogen and oxygen atoms in total. The molecule has 2 heterocycles. The molecule has 2 aromatic heterocycles. The molecule has 4 rings (SSSR count). The van der Waals surface area contributed by atoms with Gasteiger partial charge >= 0.3 is 0 Å². The maximum absolute atomic E-state index is 12.9. The number of aromatic nitrogens is 2. The zero-order valence-corrected chi connectivity index (χ0v) is 17.0. The number of nitrogens with one attached hydrogen (secondary N) is 1. The number of rotatable bonds is 5. The fourth-order valence-corrected chi connectivity index (χ4v) is 4.88. The molecule has 7 heteroatoms. The van der Waals surface area contributed by atoms with Crippen molar-refractivity contribution in [3.05, 3.63) is 69.1 Å². The van der Waals surface area contributed by atoms with Gasteiger partial charge in [0.25, 0.3) is 11.5 Å². The van der Waals surface area contributed by atoms with E-state index >= 15 is 0 Å². The predicted octanol–water partition coefficient (Wildman–Crippen LogP) is 3.40. The zero-order chi connectivity index (χ0) is 20.2. The number of thiophene rings is 1. The number of nitrogens with zero attached hydrogens (tertiary/aromatic N) is 3. The van der Waals surface area contributed by atoms with Gasteiger partial charge < -0.3 is 0 Å². The van der Waals surface area contributed by atoms with Gasteiger partial charge in [-0.2, -0.15) is 5.10 Å². The van der Waals surface area contributed by atoms with Crippen LogP contribution in [0, 0.1) is 5.92 Å². The third kappa shape index (κ3) is 4.35. The highest BCUT2D eigenvalue weighted by Gasteiger charge is 2.23. The Hall–Kier alpha value is -3.06. The van der Waals surface area contributed by atoms with E-state index in [2.05, 4.69) is 22.4 Å². The van der Waals surface area contributed by atoms with Crippen molar-refractivity contribution in [1.82, 2.24) is 15.0 Å². The van der Waals surface area contributed by atoms with Gasteiger partial charge in [0.05, 0.1) is 11.7 Å². The van der Waals surface area contributed by atoms with E-state index in [0.717, 1.165) is 35.2 Å². The number of benzene rings is 1. The van der Waals surface area contributed by atoms with Crippen LogP contribution in [0.1, 0.15) is 29.3 Å². The van der Waals surface area contributed by atoms with Gasteiger partial charge in [0, 0.05) is 11.1 Å². The second-order valence-electron chi connectivity index (χ2n) is 7.29. The number of amides is 1. The lowest BCUT2D eigenvalue weighted by Gasteiger charge is -2.17. The molecule has 1 N–H and O–H groups in total. The van der Waals surface area contributed by atoms with Crippen molar-refractivity contribution in [1.29, 1.82) is 0 Å². The van der Waals surface area contributed by atoms with Gasteiger partial charge in [0.15, 0.2) is 0 Å². The van der Waals surface area contributed by atoms with Gasteiger partial charge in [-0.3, -0.25) is 14.2 Å². The fourth-order valence-electron chi connectivity index (χ4n) is 3.54. The van der Waals surface area contributed by atoms with Crippen molar-refractivity contribution in [2.75, 3.05) is 0 Å². The number of carbonyl (C=O) groups is 1. The highest BCUT2D eigenvalue weighted by Crippen LogP contribution is 2.35. The summed E-state index contributed by atoms with van der Waals surface area (Å²) < 4.78 is 1.36. The molecular formula is C22H22N4O2S. The smallest absolute Gasteiger partial charge is 0.262 e. The van der Waals surface area contributed by atoms with Crippen LogP contribution in [0.2, 0.25) is 0 Å². The van der Waals surface area contributed by atoms with Gasteiger partial charge in [-0.25, -0.2) is 10.4 Å². The Bertz CT molecular complexity index is 1140. The zero-order valence-electron chi connectivity index (χ0n) is 16.2. The minimum atomic E-state index is -0.365. The van der Waals surface area contributed by atoms with Crippen LogP contribution in [0.15, 0.2) is 52.6 Å². The number of hydrazone groups is 1. The first-order valence-electron chi connectivity index (χ1n) is 9.65. The quantitative estimate of drug-likeness (QED) is 0.521. The Balaban J connectivity index is 1.43. The van der Waals surface area contributed by atoms with Crippen molar-refractivity contribution < 1.29 is 4.79 Å². The van der Waals surface area contributed by atoms with Crippen molar-refractivity contribution in [3.8, 4) is 0 Å². The molecule has 1 aliphatic rings. The summed E-state index contributed by atoms with van der Waals surface area (Å²) in [5, 5.41) is 4.58. The number of aryl methyl sites for hydroxylation is 1. The largest absolute Gasteiger partial charge is 0.289 e. The minimum absolute atomic E-state index is 0.109. The first-order chi connectivity index (χ1) is 14.1. The molecule has 0 saturated carbocycles. The Morgan fingerprint density at radius 1 is 1.38 bits per heavy atom. The van der Waals surface area contributed by atoms with E-state index in [-0.39, 0.29) is 18.0 Å². The highest BCUT2D eigenvalue weighted by atomic mass is 32.1. The van der Waals surface area contributed by atoms with Gasteiger partial charge in [0.2, 0.25) is 0 Å². The Kier molecular flexibility index (Phi) is 5.67. The van der Waals surface area contributed by atoms with Crippen molar-refractivity contribution in [2.45, 2.75) is 32.7 Å². The number of hydrogen-bond acceptors (Lipinski definition) is 5. The number of allylic oxidation sites excluding steroid dienone is 1. The molecule has 1 aliphatic carbocycles. The van der Waals surface area contributed by atoms with E-state index in [1.807, 2.05) is 36.4 Å². The molecule has 1 aromatic carbocycles. The lowest BCUT2D eigenvalue weighted by atomic mass is 9.89. The van der Waals surface area contributed by atoms with E-state index in [1.54, 1.807) is 17.4 Å². The second kappa shape index (κ2) is 8.53. The number of hydrogen-bond donors (Lipinski definition) is 1. The Labute approximate surface area is 172 Å². The van der Waals surface area contributed by atoms with Gasteiger partial charge in [-0.1, -0.05) is 43.3 Å². The van der Waals surface area contributed by atoms with Crippen LogP contribution in [0.25, 0.3) is 16.3 Å². The summed E-state index contributed by atoms with van der Waals surface area (Å²) in [4.78, 5) is 31.5. The summed E-state index contributed by atoms with van der Waals surface area (Å²) in [6.45, 7) is 2.13. The lowest BCUT2D eigenvalue weighted by Crippen LogP contribution is -2.30. The van der Waals surface area contributed by atoms with Crippen LogP contribution in [0.3, 0.4) is 0 Å². The molecule has 1 atom stereocenters.